The highest BCUT2D eigenvalue weighted by Gasteiger charge is 2.36. The van der Waals surface area contributed by atoms with Crippen LogP contribution in [-0.2, 0) is 9.59 Å². The molecule has 0 atom stereocenters. The van der Waals surface area contributed by atoms with E-state index >= 15 is 0 Å². The molecule has 4 rings (SSSR count). The summed E-state index contributed by atoms with van der Waals surface area (Å²) >= 11 is 0.870. The summed E-state index contributed by atoms with van der Waals surface area (Å²) in [7, 11) is 0. The Morgan fingerprint density at radius 2 is 1.75 bits per heavy atom. The van der Waals surface area contributed by atoms with Crippen molar-refractivity contribution < 1.29 is 14.4 Å². The standard InChI is InChI=1S/C25H27N3O3S/c1-17-6-11-21(18(2)14-17)26-23(29)16-28-24(30)22(32-25(28)31)15-19-7-9-20(10-8-19)27-12-4-3-5-13-27/h6-11,14-15H,3-5,12-13,16H2,1-2H3,(H,26,29)/b22-15-. The third kappa shape index (κ3) is 5.05. The number of hydrogen-bond donors (Lipinski definition) is 1. The van der Waals surface area contributed by atoms with Crippen LogP contribution < -0.4 is 10.2 Å². The van der Waals surface area contributed by atoms with Gasteiger partial charge < -0.3 is 10.2 Å². The number of carbonyl (C=O) groups excluding carboxylic acids is 3. The van der Waals surface area contributed by atoms with Gasteiger partial charge in [-0.1, -0.05) is 29.8 Å². The minimum atomic E-state index is -0.434. The molecule has 2 aromatic carbocycles. The van der Waals surface area contributed by atoms with Crippen LogP contribution in [0.4, 0.5) is 16.2 Å². The van der Waals surface area contributed by atoms with Crippen LogP contribution in [0.5, 0.6) is 0 Å². The molecule has 0 bridgehead atoms. The van der Waals surface area contributed by atoms with E-state index in [9.17, 15) is 14.4 Å². The van der Waals surface area contributed by atoms with Crippen LogP contribution in [0.15, 0.2) is 47.4 Å². The van der Waals surface area contributed by atoms with Crippen LogP contribution in [0.1, 0.15) is 36.0 Å². The summed E-state index contributed by atoms with van der Waals surface area (Å²) in [6.07, 6.45) is 5.43. The molecule has 0 aliphatic carbocycles. The van der Waals surface area contributed by atoms with E-state index < -0.39 is 17.1 Å². The highest BCUT2D eigenvalue weighted by atomic mass is 32.2. The summed E-state index contributed by atoms with van der Waals surface area (Å²) in [5.41, 5.74) is 4.74. The summed E-state index contributed by atoms with van der Waals surface area (Å²) in [6, 6.07) is 13.7. The number of anilines is 2. The van der Waals surface area contributed by atoms with E-state index in [1.807, 2.05) is 44.2 Å². The first kappa shape index (κ1) is 22.1. The van der Waals surface area contributed by atoms with Crippen LogP contribution >= 0.6 is 11.8 Å². The monoisotopic (exact) mass is 449 g/mol. The molecule has 0 radical (unpaired) electrons. The smallest absolute Gasteiger partial charge is 0.294 e. The Bertz CT molecular complexity index is 1070. The quantitative estimate of drug-likeness (QED) is 0.653. The molecule has 32 heavy (non-hydrogen) atoms. The van der Waals surface area contributed by atoms with Crippen molar-refractivity contribution >= 4 is 46.3 Å². The number of nitrogens with zero attached hydrogens (tertiary/aromatic N) is 2. The van der Waals surface area contributed by atoms with Gasteiger partial charge in [-0.15, -0.1) is 0 Å². The minimum Gasteiger partial charge on any atom is -0.372 e. The van der Waals surface area contributed by atoms with Crippen molar-refractivity contribution in [3.05, 3.63) is 64.1 Å². The topological polar surface area (TPSA) is 69.7 Å². The van der Waals surface area contributed by atoms with Crippen molar-refractivity contribution in [3.63, 3.8) is 0 Å². The van der Waals surface area contributed by atoms with Gasteiger partial charge in [-0.25, -0.2) is 0 Å². The third-order valence-corrected chi connectivity index (χ3v) is 6.65. The van der Waals surface area contributed by atoms with E-state index in [-0.39, 0.29) is 6.54 Å². The van der Waals surface area contributed by atoms with Gasteiger partial charge in [0, 0.05) is 24.5 Å². The second-order valence-corrected chi connectivity index (χ2v) is 9.27. The van der Waals surface area contributed by atoms with Gasteiger partial charge in [-0.2, -0.15) is 0 Å². The summed E-state index contributed by atoms with van der Waals surface area (Å²) in [6.45, 7) is 5.72. The number of rotatable bonds is 5. The summed E-state index contributed by atoms with van der Waals surface area (Å²) < 4.78 is 0. The van der Waals surface area contributed by atoms with Crippen molar-refractivity contribution in [1.82, 2.24) is 4.90 Å². The number of carbonyl (C=O) groups is 3. The van der Waals surface area contributed by atoms with Crippen molar-refractivity contribution in [2.75, 3.05) is 29.9 Å². The third-order valence-electron chi connectivity index (χ3n) is 5.74. The minimum absolute atomic E-state index is 0.302. The lowest BCUT2D eigenvalue weighted by Gasteiger charge is -2.28. The molecule has 0 aromatic heterocycles. The summed E-state index contributed by atoms with van der Waals surface area (Å²) in [4.78, 5) is 41.3. The van der Waals surface area contributed by atoms with Gasteiger partial charge in [-0.05, 0) is 80.3 Å². The average Bonchev–Trinajstić information content (AvgIpc) is 3.04. The van der Waals surface area contributed by atoms with Crippen LogP contribution in [0.2, 0.25) is 0 Å². The first-order valence-electron chi connectivity index (χ1n) is 10.9. The maximum atomic E-state index is 12.8. The van der Waals surface area contributed by atoms with Gasteiger partial charge in [0.15, 0.2) is 0 Å². The van der Waals surface area contributed by atoms with Crippen LogP contribution in [0, 0.1) is 13.8 Å². The first-order chi connectivity index (χ1) is 15.4. The van der Waals surface area contributed by atoms with E-state index in [0.29, 0.717) is 10.6 Å². The molecule has 0 unspecified atom stereocenters. The maximum Gasteiger partial charge on any atom is 0.294 e. The Morgan fingerprint density at radius 1 is 1.03 bits per heavy atom. The number of thioether (sulfide) groups is 1. The van der Waals surface area contributed by atoms with Gasteiger partial charge in [0.05, 0.1) is 4.91 Å². The number of aryl methyl sites for hydroxylation is 2. The fourth-order valence-electron chi connectivity index (χ4n) is 4.01. The molecule has 0 spiro atoms. The molecule has 3 amide bonds. The van der Waals surface area contributed by atoms with Crippen molar-refractivity contribution in [2.24, 2.45) is 0 Å². The summed E-state index contributed by atoms with van der Waals surface area (Å²) in [5.74, 6) is -0.831. The van der Waals surface area contributed by atoms with Crippen molar-refractivity contribution in [1.29, 1.82) is 0 Å². The summed E-state index contributed by atoms with van der Waals surface area (Å²) in [5, 5.41) is 2.36. The zero-order chi connectivity index (χ0) is 22.7. The predicted molar refractivity (Wildman–Crippen MR) is 130 cm³/mol. The number of amides is 3. The maximum absolute atomic E-state index is 12.8. The largest absolute Gasteiger partial charge is 0.372 e. The zero-order valence-electron chi connectivity index (χ0n) is 18.4. The molecule has 0 saturated carbocycles. The van der Waals surface area contributed by atoms with E-state index in [0.717, 1.165) is 46.4 Å². The Hall–Kier alpha value is -3.06. The predicted octanol–water partition coefficient (Wildman–Crippen LogP) is 4.97. The van der Waals surface area contributed by atoms with Gasteiger partial charge >= 0.3 is 0 Å². The van der Waals surface area contributed by atoms with Gasteiger partial charge in [-0.3, -0.25) is 19.3 Å². The second kappa shape index (κ2) is 9.61. The normalized spacial score (nSPS) is 17.9. The Balaban J connectivity index is 1.40. The van der Waals surface area contributed by atoms with Gasteiger partial charge in [0.1, 0.15) is 6.54 Å². The highest BCUT2D eigenvalue weighted by molar-refractivity contribution is 8.18. The first-order valence-corrected chi connectivity index (χ1v) is 11.7. The molecule has 2 saturated heterocycles. The highest BCUT2D eigenvalue weighted by Crippen LogP contribution is 2.32. The molecule has 2 fully saturated rings. The molecule has 6 nitrogen and oxygen atoms in total. The number of imide groups is 1. The number of nitrogens with one attached hydrogen (secondary N) is 1. The average molecular weight is 450 g/mol. The SMILES string of the molecule is Cc1ccc(NC(=O)CN2C(=O)S/C(=C\c3ccc(N4CCCCC4)cc3)C2=O)c(C)c1. The lowest BCUT2D eigenvalue weighted by Crippen LogP contribution is -2.36. The number of hydrogen-bond acceptors (Lipinski definition) is 5. The van der Waals surface area contributed by atoms with Gasteiger partial charge in [0.2, 0.25) is 5.91 Å². The molecule has 2 aromatic rings. The molecule has 2 heterocycles. The van der Waals surface area contributed by atoms with E-state index in [1.165, 1.54) is 24.9 Å². The van der Waals surface area contributed by atoms with Gasteiger partial charge in [0.25, 0.3) is 11.1 Å². The Morgan fingerprint density at radius 3 is 2.44 bits per heavy atom. The lowest BCUT2D eigenvalue weighted by molar-refractivity contribution is -0.127. The number of benzene rings is 2. The van der Waals surface area contributed by atoms with Crippen molar-refractivity contribution in [3.8, 4) is 0 Å². The molecule has 166 valence electrons. The molecular formula is C25H27N3O3S. The van der Waals surface area contributed by atoms with E-state index in [1.54, 1.807) is 6.08 Å². The fraction of sp³-hybridized carbons (Fsp3) is 0.320. The van der Waals surface area contributed by atoms with Crippen LogP contribution in [0.25, 0.3) is 6.08 Å². The van der Waals surface area contributed by atoms with E-state index in [4.69, 9.17) is 0 Å². The number of piperidine rings is 1. The van der Waals surface area contributed by atoms with E-state index in [2.05, 4.69) is 22.3 Å². The lowest BCUT2D eigenvalue weighted by atomic mass is 10.1. The Kier molecular flexibility index (Phi) is 6.65. The Labute approximate surface area is 192 Å². The molecule has 1 N–H and O–H groups in total. The molecule has 2 aliphatic heterocycles. The van der Waals surface area contributed by atoms with Crippen LogP contribution in [0.3, 0.4) is 0 Å². The van der Waals surface area contributed by atoms with Crippen LogP contribution in [-0.4, -0.2) is 41.6 Å². The molecule has 7 heteroatoms. The fourth-order valence-corrected chi connectivity index (χ4v) is 4.85. The zero-order valence-corrected chi connectivity index (χ0v) is 19.2. The van der Waals surface area contributed by atoms with Crippen molar-refractivity contribution in [2.45, 2.75) is 33.1 Å². The second-order valence-electron chi connectivity index (χ2n) is 8.27. The molecule has 2 aliphatic rings. The molecular weight excluding hydrogens is 422 g/mol.